The minimum Gasteiger partial charge on any atom is -0.0622 e. The van der Waals surface area contributed by atoms with E-state index in [1.807, 2.05) is 0 Å². The van der Waals surface area contributed by atoms with Crippen molar-refractivity contribution in [1.29, 1.82) is 0 Å². The molecule has 4 aromatic carbocycles. The van der Waals surface area contributed by atoms with Crippen molar-refractivity contribution >= 4 is 21.5 Å². The van der Waals surface area contributed by atoms with Crippen LogP contribution in [0.4, 0.5) is 0 Å². The Hall–Kier alpha value is -2.60. The SMILES string of the molecule is CC(C)(C)c1ccc2c(c1)cc(-c1ccccc1)c1ccccc12. The first kappa shape index (κ1) is 15.0. The largest absolute Gasteiger partial charge is 0.0622 e. The molecule has 0 unspecified atom stereocenters. The molecular weight excluding hydrogens is 288 g/mol. The molecule has 0 heterocycles. The van der Waals surface area contributed by atoms with Crippen molar-refractivity contribution in [3.8, 4) is 11.1 Å². The molecule has 0 heteroatoms. The molecule has 118 valence electrons. The van der Waals surface area contributed by atoms with Gasteiger partial charge in [-0.25, -0.2) is 0 Å². The van der Waals surface area contributed by atoms with E-state index in [1.165, 1.54) is 38.2 Å². The second-order valence-corrected chi connectivity index (χ2v) is 7.52. The van der Waals surface area contributed by atoms with Gasteiger partial charge in [0, 0.05) is 0 Å². The summed E-state index contributed by atoms with van der Waals surface area (Å²) in [5.74, 6) is 0. The molecule has 0 fully saturated rings. The van der Waals surface area contributed by atoms with E-state index in [-0.39, 0.29) is 5.41 Å². The summed E-state index contributed by atoms with van der Waals surface area (Å²) in [6.07, 6.45) is 0. The Morgan fingerprint density at radius 2 is 1.25 bits per heavy atom. The zero-order chi connectivity index (χ0) is 16.7. The summed E-state index contributed by atoms with van der Waals surface area (Å²) in [6, 6.07) is 28.7. The van der Waals surface area contributed by atoms with Crippen LogP contribution >= 0.6 is 0 Å². The number of rotatable bonds is 1. The maximum absolute atomic E-state index is 2.36. The molecule has 24 heavy (non-hydrogen) atoms. The van der Waals surface area contributed by atoms with E-state index in [0.717, 1.165) is 0 Å². The number of benzene rings is 4. The summed E-state index contributed by atoms with van der Waals surface area (Å²) >= 11 is 0. The van der Waals surface area contributed by atoms with Gasteiger partial charge in [0.05, 0.1) is 0 Å². The van der Waals surface area contributed by atoms with Crippen molar-refractivity contribution in [1.82, 2.24) is 0 Å². The Balaban J connectivity index is 2.10. The molecule has 0 saturated heterocycles. The first-order chi connectivity index (χ1) is 11.5. The summed E-state index contributed by atoms with van der Waals surface area (Å²) in [5, 5.41) is 5.30. The van der Waals surface area contributed by atoms with E-state index in [0.29, 0.717) is 0 Å². The highest BCUT2D eigenvalue weighted by Crippen LogP contribution is 2.36. The van der Waals surface area contributed by atoms with Gasteiger partial charge >= 0.3 is 0 Å². The molecule has 0 aliphatic heterocycles. The summed E-state index contributed by atoms with van der Waals surface area (Å²) < 4.78 is 0. The summed E-state index contributed by atoms with van der Waals surface area (Å²) in [6.45, 7) is 6.81. The van der Waals surface area contributed by atoms with Crippen molar-refractivity contribution in [3.63, 3.8) is 0 Å². The summed E-state index contributed by atoms with van der Waals surface area (Å²) in [4.78, 5) is 0. The second-order valence-electron chi connectivity index (χ2n) is 7.52. The lowest BCUT2D eigenvalue weighted by molar-refractivity contribution is 0.591. The third kappa shape index (κ3) is 2.49. The van der Waals surface area contributed by atoms with Crippen molar-refractivity contribution in [3.05, 3.63) is 84.4 Å². The Labute approximate surface area is 143 Å². The maximum Gasteiger partial charge on any atom is -0.00990 e. The summed E-state index contributed by atoms with van der Waals surface area (Å²) in [7, 11) is 0. The predicted octanol–water partition coefficient (Wildman–Crippen LogP) is 6.96. The van der Waals surface area contributed by atoms with Crippen LogP contribution in [0.15, 0.2) is 78.9 Å². The van der Waals surface area contributed by atoms with Crippen molar-refractivity contribution < 1.29 is 0 Å². The molecule has 4 aromatic rings. The minimum absolute atomic E-state index is 0.159. The van der Waals surface area contributed by atoms with Crippen molar-refractivity contribution in [2.24, 2.45) is 0 Å². The van der Waals surface area contributed by atoms with Gasteiger partial charge in [-0.1, -0.05) is 93.6 Å². The molecular formula is C24H22. The second kappa shape index (κ2) is 5.49. The lowest BCUT2D eigenvalue weighted by Crippen LogP contribution is -2.10. The Morgan fingerprint density at radius 1 is 0.583 bits per heavy atom. The average molecular weight is 310 g/mol. The molecule has 0 aromatic heterocycles. The van der Waals surface area contributed by atoms with Gasteiger partial charge in [0.25, 0.3) is 0 Å². The zero-order valence-corrected chi connectivity index (χ0v) is 14.5. The molecule has 0 atom stereocenters. The predicted molar refractivity (Wildman–Crippen MR) is 106 cm³/mol. The highest BCUT2D eigenvalue weighted by molar-refractivity contribution is 6.13. The standard InChI is InChI=1S/C24H22/c1-24(2,3)19-13-14-20-18(15-19)16-23(17-9-5-4-6-10-17)22-12-8-7-11-21(20)22/h4-16H,1-3H3. The third-order valence-electron chi connectivity index (χ3n) is 4.81. The number of hydrogen-bond acceptors (Lipinski definition) is 0. The highest BCUT2D eigenvalue weighted by Gasteiger charge is 2.15. The smallest absolute Gasteiger partial charge is 0.00990 e. The molecule has 0 radical (unpaired) electrons. The first-order valence-corrected chi connectivity index (χ1v) is 8.55. The van der Waals surface area contributed by atoms with E-state index in [1.54, 1.807) is 0 Å². The monoisotopic (exact) mass is 310 g/mol. The van der Waals surface area contributed by atoms with Crippen LogP contribution in [0.3, 0.4) is 0 Å². The molecule has 0 N–H and O–H groups in total. The third-order valence-corrected chi connectivity index (χ3v) is 4.81. The fraction of sp³-hybridized carbons (Fsp3) is 0.167. The van der Waals surface area contributed by atoms with Gasteiger partial charge in [0.1, 0.15) is 0 Å². The van der Waals surface area contributed by atoms with E-state index in [4.69, 9.17) is 0 Å². The quantitative estimate of drug-likeness (QED) is 0.333. The molecule has 0 saturated carbocycles. The van der Waals surface area contributed by atoms with Crippen LogP contribution in [0.5, 0.6) is 0 Å². The Bertz CT molecular complexity index is 1020. The number of fused-ring (bicyclic) bond motifs is 3. The molecule has 0 amide bonds. The van der Waals surface area contributed by atoms with Crippen LogP contribution in [0.25, 0.3) is 32.7 Å². The molecule has 0 aliphatic carbocycles. The molecule has 0 nitrogen and oxygen atoms in total. The normalized spacial score (nSPS) is 12.0. The van der Waals surface area contributed by atoms with Gasteiger partial charge in [0.15, 0.2) is 0 Å². The van der Waals surface area contributed by atoms with Gasteiger partial charge in [-0.05, 0) is 49.7 Å². The van der Waals surface area contributed by atoms with Crippen LogP contribution in [0.1, 0.15) is 26.3 Å². The van der Waals surface area contributed by atoms with Gasteiger partial charge in [-0.3, -0.25) is 0 Å². The van der Waals surface area contributed by atoms with Crippen LogP contribution < -0.4 is 0 Å². The number of hydrogen-bond donors (Lipinski definition) is 0. The lowest BCUT2D eigenvalue weighted by atomic mass is 9.84. The van der Waals surface area contributed by atoms with Gasteiger partial charge in [-0.15, -0.1) is 0 Å². The first-order valence-electron chi connectivity index (χ1n) is 8.55. The average Bonchev–Trinajstić information content (AvgIpc) is 2.60. The van der Waals surface area contributed by atoms with E-state index in [9.17, 15) is 0 Å². The molecule has 0 spiro atoms. The van der Waals surface area contributed by atoms with Crippen molar-refractivity contribution in [2.45, 2.75) is 26.2 Å². The maximum atomic E-state index is 2.36. The molecule has 4 rings (SSSR count). The van der Waals surface area contributed by atoms with Crippen LogP contribution in [0.2, 0.25) is 0 Å². The van der Waals surface area contributed by atoms with E-state index in [2.05, 4.69) is 99.6 Å². The Kier molecular flexibility index (Phi) is 3.42. The zero-order valence-electron chi connectivity index (χ0n) is 14.5. The fourth-order valence-corrected chi connectivity index (χ4v) is 3.44. The lowest BCUT2D eigenvalue weighted by Gasteiger charge is -2.20. The minimum atomic E-state index is 0.159. The molecule has 0 bridgehead atoms. The van der Waals surface area contributed by atoms with Gasteiger partial charge < -0.3 is 0 Å². The van der Waals surface area contributed by atoms with Gasteiger partial charge in [0.2, 0.25) is 0 Å². The van der Waals surface area contributed by atoms with E-state index < -0.39 is 0 Å². The van der Waals surface area contributed by atoms with Crippen LogP contribution in [-0.4, -0.2) is 0 Å². The van der Waals surface area contributed by atoms with Crippen LogP contribution in [-0.2, 0) is 5.41 Å². The highest BCUT2D eigenvalue weighted by atomic mass is 14.2. The fourth-order valence-electron chi connectivity index (χ4n) is 3.44. The van der Waals surface area contributed by atoms with Crippen LogP contribution in [0, 0.1) is 0 Å². The Morgan fingerprint density at radius 3 is 1.96 bits per heavy atom. The molecule has 0 aliphatic rings. The summed E-state index contributed by atoms with van der Waals surface area (Å²) in [5.41, 5.74) is 4.12. The van der Waals surface area contributed by atoms with Gasteiger partial charge in [-0.2, -0.15) is 0 Å². The topological polar surface area (TPSA) is 0 Å². The van der Waals surface area contributed by atoms with Crippen molar-refractivity contribution in [2.75, 3.05) is 0 Å². The van der Waals surface area contributed by atoms with E-state index >= 15 is 0 Å².